The summed E-state index contributed by atoms with van der Waals surface area (Å²) in [6, 6.07) is 5.46. The summed E-state index contributed by atoms with van der Waals surface area (Å²) in [6.07, 6.45) is 2.36. The van der Waals surface area contributed by atoms with Crippen LogP contribution in [0.5, 0.6) is 11.5 Å². The second kappa shape index (κ2) is 5.48. The standard InChI is InChI=1S/C16H23NO4/c1-19-10-3-5-13(20-2)12(7-10)15(18)16(9-17)8-11-4-6-14(16)21-11/h3,5,7,11,14-15,18H,4,6,8-9,17H2,1-2H3. The van der Waals surface area contributed by atoms with Crippen LogP contribution >= 0.6 is 0 Å². The minimum atomic E-state index is -0.720. The van der Waals surface area contributed by atoms with Gasteiger partial charge in [0, 0.05) is 17.5 Å². The Hall–Kier alpha value is -1.30. The van der Waals surface area contributed by atoms with Gasteiger partial charge in [0.2, 0.25) is 0 Å². The number of methoxy groups -OCH3 is 2. The van der Waals surface area contributed by atoms with Crippen molar-refractivity contribution >= 4 is 0 Å². The third-order valence-electron chi connectivity index (χ3n) is 5.01. The number of fused-ring (bicyclic) bond motifs is 2. The molecule has 2 saturated heterocycles. The Kier molecular flexibility index (Phi) is 3.82. The van der Waals surface area contributed by atoms with Gasteiger partial charge < -0.3 is 25.1 Å². The number of hydrogen-bond donors (Lipinski definition) is 2. The van der Waals surface area contributed by atoms with Crippen molar-refractivity contribution in [3.05, 3.63) is 23.8 Å². The smallest absolute Gasteiger partial charge is 0.124 e. The van der Waals surface area contributed by atoms with E-state index in [9.17, 15) is 5.11 Å². The first kappa shape index (κ1) is 14.6. The van der Waals surface area contributed by atoms with E-state index < -0.39 is 11.5 Å². The van der Waals surface area contributed by atoms with Gasteiger partial charge in [-0.25, -0.2) is 0 Å². The van der Waals surface area contributed by atoms with Gasteiger partial charge in [0.15, 0.2) is 0 Å². The molecule has 0 aliphatic carbocycles. The molecule has 0 saturated carbocycles. The number of aliphatic hydroxyl groups is 1. The first-order valence-electron chi connectivity index (χ1n) is 7.40. The fourth-order valence-corrected chi connectivity index (χ4v) is 3.81. The lowest BCUT2D eigenvalue weighted by atomic mass is 9.68. The quantitative estimate of drug-likeness (QED) is 0.863. The van der Waals surface area contributed by atoms with E-state index in [1.165, 1.54) is 0 Å². The molecule has 4 unspecified atom stereocenters. The molecule has 2 aliphatic rings. The number of ether oxygens (including phenoxy) is 3. The maximum Gasteiger partial charge on any atom is 0.124 e. The topological polar surface area (TPSA) is 73.9 Å². The van der Waals surface area contributed by atoms with Crippen molar-refractivity contribution in [3.63, 3.8) is 0 Å². The maximum atomic E-state index is 11.0. The fourth-order valence-electron chi connectivity index (χ4n) is 3.81. The first-order valence-corrected chi connectivity index (χ1v) is 7.40. The normalized spacial score (nSPS) is 32.2. The molecule has 5 heteroatoms. The van der Waals surface area contributed by atoms with Gasteiger partial charge in [-0.05, 0) is 37.5 Å². The molecular weight excluding hydrogens is 270 g/mol. The Morgan fingerprint density at radius 3 is 2.71 bits per heavy atom. The van der Waals surface area contributed by atoms with E-state index in [-0.39, 0.29) is 12.2 Å². The highest BCUT2D eigenvalue weighted by Crippen LogP contribution is 2.54. The number of nitrogens with two attached hydrogens (primary N) is 1. The molecule has 0 spiro atoms. The van der Waals surface area contributed by atoms with Gasteiger partial charge in [-0.2, -0.15) is 0 Å². The zero-order valence-corrected chi connectivity index (χ0v) is 12.5. The number of aliphatic hydroxyl groups excluding tert-OH is 1. The highest BCUT2D eigenvalue weighted by Gasteiger charge is 2.56. The van der Waals surface area contributed by atoms with E-state index in [4.69, 9.17) is 19.9 Å². The lowest BCUT2D eigenvalue weighted by molar-refractivity contribution is -0.0274. The van der Waals surface area contributed by atoms with Crippen molar-refractivity contribution in [1.82, 2.24) is 0 Å². The molecule has 116 valence electrons. The average molecular weight is 293 g/mol. The van der Waals surface area contributed by atoms with Gasteiger partial charge in [0.1, 0.15) is 11.5 Å². The molecule has 2 aliphatic heterocycles. The monoisotopic (exact) mass is 293 g/mol. The van der Waals surface area contributed by atoms with Gasteiger partial charge in [-0.15, -0.1) is 0 Å². The SMILES string of the molecule is COc1ccc(OC)c(C(O)C2(CN)CC3CCC2O3)c1. The molecule has 0 aromatic heterocycles. The Morgan fingerprint density at radius 2 is 2.19 bits per heavy atom. The van der Waals surface area contributed by atoms with E-state index in [2.05, 4.69) is 0 Å². The van der Waals surface area contributed by atoms with Crippen LogP contribution in [-0.4, -0.2) is 38.1 Å². The van der Waals surface area contributed by atoms with Crippen LogP contribution in [0.4, 0.5) is 0 Å². The minimum absolute atomic E-state index is 0.0263. The van der Waals surface area contributed by atoms with Crippen LogP contribution in [0, 0.1) is 5.41 Å². The summed E-state index contributed by atoms with van der Waals surface area (Å²) in [5.41, 5.74) is 6.34. The molecule has 0 amide bonds. The van der Waals surface area contributed by atoms with Gasteiger partial charge >= 0.3 is 0 Å². The van der Waals surface area contributed by atoms with Crippen molar-refractivity contribution in [2.24, 2.45) is 11.1 Å². The van der Waals surface area contributed by atoms with E-state index in [0.29, 0.717) is 18.0 Å². The fraction of sp³-hybridized carbons (Fsp3) is 0.625. The van der Waals surface area contributed by atoms with Crippen LogP contribution in [0.25, 0.3) is 0 Å². The molecule has 3 N–H and O–H groups in total. The molecule has 0 radical (unpaired) electrons. The molecule has 3 rings (SSSR count). The third-order valence-corrected chi connectivity index (χ3v) is 5.01. The van der Waals surface area contributed by atoms with Gasteiger partial charge in [-0.3, -0.25) is 0 Å². The zero-order valence-electron chi connectivity index (χ0n) is 12.5. The van der Waals surface area contributed by atoms with Crippen LogP contribution in [-0.2, 0) is 4.74 Å². The van der Waals surface area contributed by atoms with Crippen molar-refractivity contribution in [2.45, 2.75) is 37.6 Å². The lowest BCUT2D eigenvalue weighted by Crippen LogP contribution is -2.44. The minimum Gasteiger partial charge on any atom is -0.497 e. The summed E-state index contributed by atoms with van der Waals surface area (Å²) in [7, 11) is 3.21. The van der Waals surface area contributed by atoms with E-state index >= 15 is 0 Å². The number of hydrogen-bond acceptors (Lipinski definition) is 5. The third kappa shape index (κ3) is 2.20. The molecule has 5 nitrogen and oxygen atoms in total. The number of rotatable bonds is 5. The summed E-state index contributed by atoms with van der Waals surface area (Å²) in [4.78, 5) is 0. The summed E-state index contributed by atoms with van der Waals surface area (Å²) in [5.74, 6) is 1.35. The van der Waals surface area contributed by atoms with Gasteiger partial charge in [-0.1, -0.05) is 0 Å². The first-order chi connectivity index (χ1) is 10.1. The molecule has 4 atom stereocenters. The van der Waals surface area contributed by atoms with Crippen LogP contribution in [0.1, 0.15) is 30.9 Å². The van der Waals surface area contributed by atoms with Crippen LogP contribution in [0.2, 0.25) is 0 Å². The van der Waals surface area contributed by atoms with Crippen molar-refractivity contribution < 1.29 is 19.3 Å². The lowest BCUT2D eigenvalue weighted by Gasteiger charge is -2.39. The van der Waals surface area contributed by atoms with Crippen LogP contribution in [0.3, 0.4) is 0 Å². The van der Waals surface area contributed by atoms with Crippen LogP contribution < -0.4 is 15.2 Å². The van der Waals surface area contributed by atoms with Crippen molar-refractivity contribution in [1.29, 1.82) is 0 Å². The second-order valence-electron chi connectivity index (χ2n) is 5.98. The van der Waals surface area contributed by atoms with E-state index in [1.807, 2.05) is 18.2 Å². The Morgan fingerprint density at radius 1 is 1.38 bits per heavy atom. The van der Waals surface area contributed by atoms with Gasteiger partial charge in [0.05, 0.1) is 32.5 Å². The molecule has 2 heterocycles. The Bertz CT molecular complexity index is 521. The van der Waals surface area contributed by atoms with E-state index in [0.717, 1.165) is 24.8 Å². The zero-order chi connectivity index (χ0) is 15.0. The molecule has 1 aromatic rings. The molecule has 2 bridgehead atoms. The molecule has 1 aromatic carbocycles. The predicted octanol–water partition coefficient (Wildman–Crippen LogP) is 1.63. The maximum absolute atomic E-state index is 11.0. The van der Waals surface area contributed by atoms with E-state index in [1.54, 1.807) is 14.2 Å². The van der Waals surface area contributed by atoms with Crippen LogP contribution in [0.15, 0.2) is 18.2 Å². The largest absolute Gasteiger partial charge is 0.497 e. The van der Waals surface area contributed by atoms with Crippen molar-refractivity contribution in [3.8, 4) is 11.5 Å². The predicted molar refractivity (Wildman–Crippen MR) is 78.5 cm³/mol. The molecule has 2 fully saturated rings. The summed E-state index contributed by atoms with van der Waals surface area (Å²) in [6.45, 7) is 0.399. The second-order valence-corrected chi connectivity index (χ2v) is 5.98. The highest BCUT2D eigenvalue weighted by molar-refractivity contribution is 5.43. The Balaban J connectivity index is 1.99. The summed E-state index contributed by atoms with van der Waals surface area (Å²) < 4.78 is 16.6. The summed E-state index contributed by atoms with van der Waals surface area (Å²) >= 11 is 0. The summed E-state index contributed by atoms with van der Waals surface area (Å²) in [5, 5.41) is 11.0. The number of benzene rings is 1. The van der Waals surface area contributed by atoms with Gasteiger partial charge in [0.25, 0.3) is 0 Å². The molecular formula is C16H23NO4. The van der Waals surface area contributed by atoms with Crippen molar-refractivity contribution in [2.75, 3.05) is 20.8 Å². The Labute approximate surface area is 125 Å². The highest BCUT2D eigenvalue weighted by atomic mass is 16.5. The average Bonchev–Trinajstić information content (AvgIpc) is 3.14. The molecule has 21 heavy (non-hydrogen) atoms.